The van der Waals surface area contributed by atoms with Crippen molar-refractivity contribution in [2.75, 3.05) is 11.9 Å². The first kappa shape index (κ1) is 19.9. The summed E-state index contributed by atoms with van der Waals surface area (Å²) in [5.74, 6) is -1.70. The molecule has 0 radical (unpaired) electrons. The van der Waals surface area contributed by atoms with Gasteiger partial charge >= 0.3 is 12.1 Å². The molecule has 27 heavy (non-hydrogen) atoms. The quantitative estimate of drug-likeness (QED) is 0.475. The second kappa shape index (κ2) is 7.43. The number of benzene rings is 1. The number of amides is 1. The van der Waals surface area contributed by atoms with Crippen LogP contribution in [0.3, 0.4) is 0 Å². The Labute approximate surface area is 149 Å². The van der Waals surface area contributed by atoms with Crippen molar-refractivity contribution in [3.8, 4) is 0 Å². The lowest BCUT2D eigenvalue weighted by atomic mass is 10.1. The summed E-state index contributed by atoms with van der Waals surface area (Å²) in [4.78, 5) is 33.6. The highest BCUT2D eigenvalue weighted by molar-refractivity contribution is 5.97. The maximum absolute atomic E-state index is 12.7. The van der Waals surface area contributed by atoms with Crippen LogP contribution >= 0.6 is 0 Å². The van der Waals surface area contributed by atoms with Gasteiger partial charge in [0.25, 0.3) is 11.6 Å². The monoisotopic (exact) mass is 387 g/mol. The Kier molecular flexibility index (Phi) is 5.47. The molecule has 0 aliphatic rings. The van der Waals surface area contributed by atoms with Gasteiger partial charge in [-0.05, 0) is 26.0 Å². The minimum absolute atomic E-state index is 0.0308. The topological polar surface area (TPSA) is 125 Å². The molecule has 1 heterocycles. The van der Waals surface area contributed by atoms with Gasteiger partial charge in [0.1, 0.15) is 17.0 Å². The summed E-state index contributed by atoms with van der Waals surface area (Å²) in [6.07, 6.45) is -4.78. The Morgan fingerprint density at radius 2 is 2.00 bits per heavy atom. The third kappa shape index (κ3) is 4.59. The molecule has 1 aromatic heterocycles. The zero-order valence-corrected chi connectivity index (χ0v) is 13.9. The molecule has 12 heteroatoms. The number of hydrogen-bond acceptors (Lipinski definition) is 7. The van der Waals surface area contributed by atoms with Crippen LogP contribution in [-0.2, 0) is 15.7 Å². The van der Waals surface area contributed by atoms with Crippen molar-refractivity contribution in [1.29, 1.82) is 0 Å². The molecule has 0 unspecified atom stereocenters. The number of ether oxygens (including phenoxy) is 1. The van der Waals surface area contributed by atoms with Crippen molar-refractivity contribution in [3.05, 3.63) is 50.9 Å². The molecule has 0 atom stereocenters. The fourth-order valence-electron chi connectivity index (χ4n) is 2.13. The van der Waals surface area contributed by atoms with Gasteiger partial charge in [-0.2, -0.15) is 13.2 Å². The second-order valence-electron chi connectivity index (χ2n) is 5.31. The van der Waals surface area contributed by atoms with Crippen molar-refractivity contribution < 1.29 is 36.9 Å². The van der Waals surface area contributed by atoms with Gasteiger partial charge in [0.2, 0.25) is 0 Å². The number of carbonyl (C=O) groups excluding carboxylic acids is 2. The fourth-order valence-corrected chi connectivity index (χ4v) is 2.13. The second-order valence-corrected chi connectivity index (χ2v) is 5.31. The number of alkyl halides is 3. The number of aromatic nitrogens is 1. The number of carbonyl (C=O) groups is 2. The average Bonchev–Trinajstić information content (AvgIpc) is 2.90. The molecule has 0 saturated heterocycles. The van der Waals surface area contributed by atoms with Crippen LogP contribution in [0.1, 0.15) is 27.4 Å². The lowest BCUT2D eigenvalue weighted by Gasteiger charge is -2.10. The third-order valence-electron chi connectivity index (χ3n) is 3.37. The Bertz CT molecular complexity index is 887. The zero-order valence-electron chi connectivity index (χ0n) is 13.9. The molecular weight excluding hydrogens is 375 g/mol. The largest absolute Gasteiger partial charge is 0.452 e. The summed E-state index contributed by atoms with van der Waals surface area (Å²) in [6, 6.07) is 1.62. The van der Waals surface area contributed by atoms with Crippen molar-refractivity contribution in [3.63, 3.8) is 0 Å². The first-order valence-corrected chi connectivity index (χ1v) is 7.26. The van der Waals surface area contributed by atoms with Crippen molar-refractivity contribution in [2.24, 2.45) is 0 Å². The van der Waals surface area contributed by atoms with E-state index in [1.165, 1.54) is 13.8 Å². The van der Waals surface area contributed by atoms with E-state index in [0.717, 1.165) is 6.07 Å². The predicted octanol–water partition coefficient (Wildman–Crippen LogP) is 3.01. The van der Waals surface area contributed by atoms with E-state index >= 15 is 0 Å². The van der Waals surface area contributed by atoms with Crippen LogP contribution in [-0.4, -0.2) is 28.6 Å². The van der Waals surface area contributed by atoms with Crippen LogP contribution in [0.4, 0.5) is 24.5 Å². The highest BCUT2D eigenvalue weighted by atomic mass is 19.4. The van der Waals surface area contributed by atoms with Crippen LogP contribution < -0.4 is 5.32 Å². The van der Waals surface area contributed by atoms with Crippen molar-refractivity contribution in [2.45, 2.75) is 20.0 Å². The Hall–Kier alpha value is -3.44. The molecular formula is C15H12F3N3O6. The van der Waals surface area contributed by atoms with Gasteiger partial charge in [-0.1, -0.05) is 5.16 Å². The van der Waals surface area contributed by atoms with Gasteiger partial charge in [0.15, 0.2) is 6.61 Å². The summed E-state index contributed by atoms with van der Waals surface area (Å²) in [6.45, 7) is 2.13. The van der Waals surface area contributed by atoms with E-state index in [1.54, 1.807) is 0 Å². The average molecular weight is 387 g/mol. The van der Waals surface area contributed by atoms with Crippen molar-refractivity contribution in [1.82, 2.24) is 5.16 Å². The number of nitrogens with zero attached hydrogens (tertiary/aromatic N) is 2. The number of aryl methyl sites for hydroxylation is 2. The molecule has 0 saturated carbocycles. The SMILES string of the molecule is Cc1noc(C)c1C(=O)OCC(=O)Nc1ccc(C(F)(F)F)cc1[N+](=O)[O-]. The van der Waals surface area contributed by atoms with Crippen LogP contribution in [0.25, 0.3) is 0 Å². The van der Waals surface area contributed by atoms with Crippen molar-refractivity contribution >= 4 is 23.3 Å². The minimum Gasteiger partial charge on any atom is -0.452 e. The maximum atomic E-state index is 12.7. The molecule has 1 amide bonds. The highest BCUT2D eigenvalue weighted by Gasteiger charge is 2.33. The summed E-state index contributed by atoms with van der Waals surface area (Å²) in [5.41, 5.74) is -2.38. The Morgan fingerprint density at radius 1 is 1.33 bits per heavy atom. The highest BCUT2D eigenvalue weighted by Crippen LogP contribution is 2.34. The molecule has 0 aliphatic heterocycles. The number of nitrogens with one attached hydrogen (secondary N) is 1. The molecule has 144 valence electrons. The van der Waals surface area contributed by atoms with E-state index in [2.05, 4.69) is 5.16 Å². The first-order valence-electron chi connectivity index (χ1n) is 7.26. The van der Waals surface area contributed by atoms with Gasteiger partial charge in [-0.25, -0.2) is 4.79 Å². The molecule has 2 aromatic rings. The molecule has 0 aliphatic carbocycles. The van der Waals surface area contributed by atoms with Gasteiger partial charge in [0, 0.05) is 6.07 Å². The summed E-state index contributed by atoms with van der Waals surface area (Å²) in [7, 11) is 0. The van der Waals surface area contributed by atoms with E-state index in [0.29, 0.717) is 12.1 Å². The van der Waals surface area contributed by atoms with Crippen LogP contribution in [0.5, 0.6) is 0 Å². The fraction of sp³-hybridized carbons (Fsp3) is 0.267. The minimum atomic E-state index is -4.78. The maximum Gasteiger partial charge on any atom is 0.416 e. The number of anilines is 1. The van der Waals surface area contributed by atoms with E-state index in [9.17, 15) is 32.9 Å². The number of esters is 1. The van der Waals surface area contributed by atoms with Gasteiger partial charge in [-0.15, -0.1) is 0 Å². The smallest absolute Gasteiger partial charge is 0.416 e. The van der Waals surface area contributed by atoms with Gasteiger partial charge < -0.3 is 14.6 Å². The van der Waals surface area contributed by atoms with Gasteiger partial charge in [-0.3, -0.25) is 14.9 Å². The number of halogens is 3. The molecule has 0 bridgehead atoms. The predicted molar refractivity (Wildman–Crippen MR) is 83.0 cm³/mol. The normalized spacial score (nSPS) is 11.1. The zero-order chi connectivity index (χ0) is 20.4. The molecule has 9 nitrogen and oxygen atoms in total. The van der Waals surface area contributed by atoms with E-state index in [4.69, 9.17) is 9.26 Å². The van der Waals surface area contributed by atoms with E-state index < -0.39 is 46.5 Å². The van der Waals surface area contributed by atoms with E-state index in [1.807, 2.05) is 5.32 Å². The number of rotatable bonds is 5. The molecule has 1 aromatic carbocycles. The van der Waals surface area contributed by atoms with Crippen LogP contribution in [0.15, 0.2) is 22.7 Å². The number of nitro groups is 1. The van der Waals surface area contributed by atoms with Gasteiger partial charge in [0.05, 0.1) is 16.2 Å². The molecule has 1 N–H and O–H groups in total. The number of nitro benzene ring substituents is 1. The van der Waals surface area contributed by atoms with E-state index in [-0.39, 0.29) is 17.0 Å². The lowest BCUT2D eigenvalue weighted by molar-refractivity contribution is -0.384. The Morgan fingerprint density at radius 3 is 2.52 bits per heavy atom. The third-order valence-corrected chi connectivity index (χ3v) is 3.37. The Balaban J connectivity index is 2.09. The molecule has 2 rings (SSSR count). The van der Waals surface area contributed by atoms with Crippen LogP contribution in [0.2, 0.25) is 0 Å². The standard InChI is InChI=1S/C15H12F3N3O6/c1-7-13(8(2)27-20-7)14(23)26-6-12(22)19-10-4-3-9(15(16,17)18)5-11(10)21(24)25/h3-5H,6H2,1-2H3,(H,19,22). The number of hydrogen-bond donors (Lipinski definition) is 1. The summed E-state index contributed by atoms with van der Waals surface area (Å²) in [5, 5.41) is 16.5. The summed E-state index contributed by atoms with van der Waals surface area (Å²) < 4.78 is 47.5. The molecule has 0 fully saturated rings. The lowest BCUT2D eigenvalue weighted by Crippen LogP contribution is -2.22. The summed E-state index contributed by atoms with van der Waals surface area (Å²) >= 11 is 0. The van der Waals surface area contributed by atoms with Crippen LogP contribution in [0, 0.1) is 24.0 Å². The first-order chi connectivity index (χ1) is 12.5. The molecule has 0 spiro atoms.